The van der Waals surface area contributed by atoms with E-state index in [2.05, 4.69) is 4.74 Å². The average molecular weight is 205 g/mol. The molecule has 1 heterocycles. The van der Waals surface area contributed by atoms with Gasteiger partial charge in [-0.1, -0.05) is 0 Å². The van der Waals surface area contributed by atoms with Gasteiger partial charge in [-0.05, 0) is 6.07 Å². The van der Waals surface area contributed by atoms with Gasteiger partial charge in [-0.3, -0.25) is 4.79 Å². The summed E-state index contributed by atoms with van der Waals surface area (Å²) in [5, 5.41) is 8.70. The molecule has 1 aromatic rings. The number of alkyl halides is 2. The third-order valence-electron chi connectivity index (χ3n) is 1.72. The molecule has 6 heteroatoms. The third-order valence-corrected chi connectivity index (χ3v) is 1.72. The van der Waals surface area contributed by atoms with Crippen LogP contribution < -0.4 is 10.3 Å². The van der Waals surface area contributed by atoms with Crippen molar-refractivity contribution in [3.8, 4) is 5.75 Å². The van der Waals surface area contributed by atoms with Crippen LogP contribution in [0.5, 0.6) is 5.75 Å². The number of aromatic amines is 1. The number of halogens is 2. The van der Waals surface area contributed by atoms with E-state index in [1.807, 2.05) is 4.98 Å². The quantitative estimate of drug-likeness (QED) is 0.767. The first-order valence-electron chi connectivity index (χ1n) is 3.79. The van der Waals surface area contributed by atoms with Gasteiger partial charge >= 0.3 is 0 Å². The zero-order chi connectivity index (χ0) is 10.7. The van der Waals surface area contributed by atoms with Crippen LogP contribution in [0.2, 0.25) is 0 Å². The Kier molecular flexibility index (Phi) is 3.19. The molecule has 4 nitrogen and oxygen atoms in total. The molecule has 0 fully saturated rings. The summed E-state index contributed by atoms with van der Waals surface area (Å²) in [6, 6.07) is 1.10. The minimum Gasteiger partial charge on any atom is -0.495 e. The number of hydrogen-bond donors (Lipinski definition) is 2. The first-order chi connectivity index (χ1) is 6.60. The van der Waals surface area contributed by atoms with Crippen molar-refractivity contribution in [1.82, 2.24) is 4.98 Å². The summed E-state index contributed by atoms with van der Waals surface area (Å²) in [7, 11) is 1.21. The van der Waals surface area contributed by atoms with Crippen molar-refractivity contribution in [2.45, 2.75) is 13.0 Å². The maximum absolute atomic E-state index is 12.3. The predicted octanol–water partition coefficient (Wildman–Crippen LogP) is 0.813. The molecule has 0 aromatic carbocycles. The Labute approximate surface area is 78.1 Å². The normalized spacial score (nSPS) is 10.6. The van der Waals surface area contributed by atoms with Gasteiger partial charge in [0.05, 0.1) is 13.7 Å². The van der Waals surface area contributed by atoms with Crippen LogP contribution in [-0.2, 0) is 6.61 Å². The highest BCUT2D eigenvalue weighted by Crippen LogP contribution is 2.25. The van der Waals surface area contributed by atoms with E-state index in [-0.39, 0.29) is 11.3 Å². The lowest BCUT2D eigenvalue weighted by atomic mass is 10.2. The third kappa shape index (κ3) is 1.90. The second-order valence-corrected chi connectivity index (χ2v) is 2.56. The van der Waals surface area contributed by atoms with Crippen LogP contribution in [0.1, 0.15) is 17.7 Å². The molecule has 0 atom stereocenters. The number of H-pyrrole nitrogens is 1. The first kappa shape index (κ1) is 10.6. The molecule has 1 aromatic heterocycles. The van der Waals surface area contributed by atoms with Crippen LogP contribution in [0.15, 0.2) is 10.9 Å². The molecule has 0 aliphatic carbocycles. The molecule has 0 aliphatic heterocycles. The summed E-state index contributed by atoms with van der Waals surface area (Å²) < 4.78 is 29.3. The van der Waals surface area contributed by atoms with Gasteiger partial charge in [0, 0.05) is 5.56 Å². The van der Waals surface area contributed by atoms with Gasteiger partial charge in [-0.15, -0.1) is 0 Å². The fraction of sp³-hybridized carbons (Fsp3) is 0.375. The van der Waals surface area contributed by atoms with E-state index in [0.29, 0.717) is 0 Å². The molecule has 78 valence electrons. The van der Waals surface area contributed by atoms with Crippen molar-refractivity contribution >= 4 is 0 Å². The second-order valence-electron chi connectivity index (χ2n) is 2.56. The monoisotopic (exact) mass is 205 g/mol. The van der Waals surface area contributed by atoms with Crippen LogP contribution in [0, 0.1) is 0 Å². The molecular weight excluding hydrogens is 196 g/mol. The summed E-state index contributed by atoms with van der Waals surface area (Å²) >= 11 is 0. The Morgan fingerprint density at radius 3 is 2.71 bits per heavy atom. The molecule has 1 rings (SSSR count). The van der Waals surface area contributed by atoms with Crippen molar-refractivity contribution in [2.24, 2.45) is 0 Å². The fourth-order valence-corrected chi connectivity index (χ4v) is 1.01. The minimum atomic E-state index is -2.81. The van der Waals surface area contributed by atoms with Crippen molar-refractivity contribution < 1.29 is 18.6 Å². The first-order valence-corrected chi connectivity index (χ1v) is 3.79. The highest BCUT2D eigenvalue weighted by atomic mass is 19.3. The van der Waals surface area contributed by atoms with E-state index in [9.17, 15) is 13.6 Å². The van der Waals surface area contributed by atoms with Gasteiger partial charge in [-0.2, -0.15) is 0 Å². The lowest BCUT2D eigenvalue weighted by Gasteiger charge is -2.08. The molecule has 0 saturated carbocycles. The number of ether oxygens (including phenoxy) is 1. The summed E-state index contributed by atoms with van der Waals surface area (Å²) in [6.07, 6.45) is -2.81. The lowest BCUT2D eigenvalue weighted by molar-refractivity contribution is 0.141. The van der Waals surface area contributed by atoms with Crippen LogP contribution in [0.25, 0.3) is 0 Å². The van der Waals surface area contributed by atoms with E-state index in [4.69, 9.17) is 5.11 Å². The molecule has 0 spiro atoms. The van der Waals surface area contributed by atoms with E-state index in [1.54, 1.807) is 0 Å². The standard InChI is InChI=1S/C8H9F2NO3/c1-14-5-2-4(3-12)8(13)11-6(5)7(9)10/h2,7,12H,3H2,1H3,(H,11,13). The summed E-state index contributed by atoms with van der Waals surface area (Å²) in [5.41, 5.74) is -1.32. The Morgan fingerprint density at radius 2 is 2.29 bits per heavy atom. The molecule has 0 bridgehead atoms. The SMILES string of the molecule is COc1cc(CO)c(=O)[nH]c1C(F)F. The molecule has 0 radical (unpaired) electrons. The topological polar surface area (TPSA) is 62.3 Å². The number of aromatic nitrogens is 1. The molecule has 0 amide bonds. The molecular formula is C8H9F2NO3. The summed E-state index contributed by atoms with van der Waals surface area (Å²) in [6.45, 7) is -0.519. The maximum Gasteiger partial charge on any atom is 0.281 e. The van der Waals surface area contributed by atoms with Crippen LogP contribution in [0.4, 0.5) is 8.78 Å². The van der Waals surface area contributed by atoms with Gasteiger partial charge in [0.1, 0.15) is 11.4 Å². The van der Waals surface area contributed by atoms with E-state index in [1.165, 1.54) is 7.11 Å². The smallest absolute Gasteiger partial charge is 0.281 e. The van der Waals surface area contributed by atoms with E-state index >= 15 is 0 Å². The molecule has 0 unspecified atom stereocenters. The van der Waals surface area contributed by atoms with Crippen LogP contribution in [0.3, 0.4) is 0 Å². The largest absolute Gasteiger partial charge is 0.495 e. The zero-order valence-corrected chi connectivity index (χ0v) is 7.38. The van der Waals surface area contributed by atoms with Crippen molar-refractivity contribution in [2.75, 3.05) is 7.11 Å². The Morgan fingerprint density at radius 1 is 1.64 bits per heavy atom. The summed E-state index contributed by atoms with van der Waals surface area (Å²) in [4.78, 5) is 13.0. The van der Waals surface area contributed by atoms with Crippen molar-refractivity contribution in [3.05, 3.63) is 27.7 Å². The number of pyridine rings is 1. The fourth-order valence-electron chi connectivity index (χ4n) is 1.01. The lowest BCUT2D eigenvalue weighted by Crippen LogP contribution is -2.15. The van der Waals surface area contributed by atoms with E-state index < -0.39 is 24.3 Å². The molecule has 0 aliphatic rings. The minimum absolute atomic E-state index is 0.00810. The van der Waals surface area contributed by atoms with Gasteiger partial charge in [0.25, 0.3) is 12.0 Å². The Balaban J connectivity index is 3.32. The van der Waals surface area contributed by atoms with Gasteiger partial charge in [0.2, 0.25) is 0 Å². The Hall–Kier alpha value is -1.43. The van der Waals surface area contributed by atoms with Crippen molar-refractivity contribution in [3.63, 3.8) is 0 Å². The van der Waals surface area contributed by atoms with Crippen LogP contribution >= 0.6 is 0 Å². The maximum atomic E-state index is 12.3. The predicted molar refractivity (Wildman–Crippen MR) is 44.5 cm³/mol. The molecule has 0 saturated heterocycles. The number of aliphatic hydroxyl groups is 1. The van der Waals surface area contributed by atoms with Gasteiger partial charge in [-0.25, -0.2) is 8.78 Å². The highest BCUT2D eigenvalue weighted by Gasteiger charge is 2.16. The van der Waals surface area contributed by atoms with Crippen LogP contribution in [-0.4, -0.2) is 17.2 Å². The number of hydrogen-bond acceptors (Lipinski definition) is 3. The van der Waals surface area contributed by atoms with Gasteiger partial charge < -0.3 is 14.8 Å². The number of nitrogens with one attached hydrogen (secondary N) is 1. The number of methoxy groups -OCH3 is 1. The summed E-state index contributed by atoms with van der Waals surface area (Å²) in [5.74, 6) is -0.136. The number of rotatable bonds is 3. The average Bonchev–Trinajstić information content (AvgIpc) is 2.17. The highest BCUT2D eigenvalue weighted by molar-refractivity contribution is 5.32. The van der Waals surface area contributed by atoms with E-state index in [0.717, 1.165) is 6.07 Å². The molecule has 14 heavy (non-hydrogen) atoms. The Bertz CT molecular complexity index is 375. The molecule has 2 N–H and O–H groups in total. The zero-order valence-electron chi connectivity index (χ0n) is 7.38. The second kappa shape index (κ2) is 4.19. The van der Waals surface area contributed by atoms with Gasteiger partial charge in [0.15, 0.2) is 0 Å². The van der Waals surface area contributed by atoms with Crippen molar-refractivity contribution in [1.29, 1.82) is 0 Å². The number of aliphatic hydroxyl groups excluding tert-OH is 1.